The quantitative estimate of drug-likeness (QED) is 0.202. The van der Waals surface area contributed by atoms with E-state index in [1.54, 1.807) is 28.6 Å². The van der Waals surface area contributed by atoms with Crippen LogP contribution in [-0.4, -0.2) is 55.6 Å². The molecule has 10 nitrogen and oxygen atoms in total. The number of piperidine rings is 2. The molecule has 1 atom stereocenters. The van der Waals surface area contributed by atoms with E-state index in [2.05, 4.69) is 10.6 Å². The van der Waals surface area contributed by atoms with Crippen LogP contribution in [0.25, 0.3) is 0 Å². The van der Waals surface area contributed by atoms with Crippen LogP contribution in [0.5, 0.6) is 0 Å². The van der Waals surface area contributed by atoms with Gasteiger partial charge >= 0.3 is 20.4 Å². The zero-order chi connectivity index (χ0) is 36.3. The third-order valence-corrected chi connectivity index (χ3v) is 13.8. The molecule has 0 radical (unpaired) electrons. The van der Waals surface area contributed by atoms with E-state index in [9.17, 15) is 25.6 Å². The van der Waals surface area contributed by atoms with Crippen LogP contribution >= 0.6 is 0 Å². The summed E-state index contributed by atoms with van der Waals surface area (Å²) in [5.74, 6) is -1.38. The molecule has 0 spiro atoms. The summed E-state index contributed by atoms with van der Waals surface area (Å²) in [5, 5.41) is 6.79. The Morgan fingerprint density at radius 3 is 1.71 bits per heavy atom. The van der Waals surface area contributed by atoms with E-state index in [4.69, 9.17) is 0 Å². The van der Waals surface area contributed by atoms with Gasteiger partial charge in [0.25, 0.3) is 0 Å². The molecule has 8 rings (SSSR count). The molecule has 2 N–H and O–H groups in total. The van der Waals surface area contributed by atoms with Gasteiger partial charge in [-0.15, -0.1) is 0 Å². The fourth-order valence-electron chi connectivity index (χ4n) is 7.53. The topological polar surface area (TPSA) is 105 Å². The van der Waals surface area contributed by atoms with Gasteiger partial charge in [0, 0.05) is 19.1 Å². The first kappa shape index (κ1) is 36.1. The van der Waals surface area contributed by atoms with E-state index >= 15 is 0 Å². The molecule has 0 aromatic heterocycles. The second-order valence-electron chi connectivity index (χ2n) is 13.5. The van der Waals surface area contributed by atoms with E-state index in [1.807, 2.05) is 54.6 Å². The maximum atomic E-state index is 14.4. The molecule has 0 aliphatic carbocycles. The molecule has 4 heterocycles. The van der Waals surface area contributed by atoms with Gasteiger partial charge in [0.05, 0.1) is 28.4 Å². The lowest BCUT2D eigenvalue weighted by atomic mass is 9.95. The van der Waals surface area contributed by atoms with Crippen LogP contribution < -0.4 is 27.9 Å². The average molecular weight is 751 g/mol. The number of rotatable bonds is 8. The van der Waals surface area contributed by atoms with Gasteiger partial charge in [0.15, 0.2) is 11.6 Å². The summed E-state index contributed by atoms with van der Waals surface area (Å²) in [6, 6.07) is 27.2. The number of benzene rings is 4. The van der Waals surface area contributed by atoms with Crippen molar-refractivity contribution in [3.8, 4) is 0 Å². The summed E-state index contributed by atoms with van der Waals surface area (Å²) in [7, 11) is -7.72. The normalized spacial score (nSPS) is 20.6. The molecule has 2 fully saturated rings. The second kappa shape index (κ2) is 15.4. The first-order chi connectivity index (χ1) is 25.2. The minimum absolute atomic E-state index is 0.270. The Kier molecular flexibility index (Phi) is 10.7. The Labute approximate surface area is 305 Å². The van der Waals surface area contributed by atoms with Gasteiger partial charge in [0.2, 0.25) is 0 Å². The number of fused-ring (bicyclic) bond motifs is 2. The van der Waals surface area contributed by atoms with Crippen LogP contribution in [0.2, 0.25) is 0 Å². The van der Waals surface area contributed by atoms with E-state index < -0.39 is 37.7 Å². The second-order valence-corrected chi connectivity index (χ2v) is 16.9. The summed E-state index contributed by atoms with van der Waals surface area (Å²) in [4.78, 5) is 0. The summed E-state index contributed by atoms with van der Waals surface area (Å²) in [6.45, 7) is 3.68. The first-order valence-electron chi connectivity index (χ1n) is 17.9. The van der Waals surface area contributed by atoms with Gasteiger partial charge in [-0.05, 0) is 113 Å². The number of nitrogens with one attached hydrogen (secondary N) is 2. The van der Waals surface area contributed by atoms with Crippen LogP contribution in [0.15, 0.2) is 97.1 Å². The smallest absolute Gasteiger partial charge is 0.317 e. The third kappa shape index (κ3) is 7.08. The van der Waals surface area contributed by atoms with E-state index in [-0.39, 0.29) is 12.2 Å². The zero-order valence-corrected chi connectivity index (χ0v) is 30.5. The SMILES string of the molecule is O=S1(=O)N(CCC2CCCCN2)c2ccccc2N1c1ccccc1.O=S1(=O)N(CCC2CCNCC2)c2ccccc2N1c1c(F)cccc1F. The molecular weight excluding hydrogens is 707 g/mol. The third-order valence-electron chi connectivity index (χ3n) is 10.2. The highest BCUT2D eigenvalue weighted by Crippen LogP contribution is 2.47. The van der Waals surface area contributed by atoms with Gasteiger partial charge in [-0.2, -0.15) is 16.8 Å². The van der Waals surface area contributed by atoms with Crippen molar-refractivity contribution in [2.75, 3.05) is 49.9 Å². The molecule has 52 heavy (non-hydrogen) atoms. The fraction of sp³-hybridized carbons (Fsp3) is 0.368. The summed E-state index contributed by atoms with van der Waals surface area (Å²) in [6.07, 6.45) is 7.10. The Bertz CT molecular complexity index is 2060. The molecule has 4 aromatic carbocycles. The molecule has 2 saturated heterocycles. The highest BCUT2D eigenvalue weighted by atomic mass is 32.2. The van der Waals surface area contributed by atoms with Crippen molar-refractivity contribution >= 4 is 54.5 Å². The van der Waals surface area contributed by atoms with E-state index in [1.165, 1.54) is 27.5 Å². The molecule has 0 saturated carbocycles. The number of hydrogen-bond acceptors (Lipinski definition) is 6. The number of anilines is 6. The number of para-hydroxylation sites is 6. The standard InChI is InChI=1S/C19H21F2N3O2S.C19H23N3O2S/c20-15-4-3-5-16(21)19(15)24-18-7-2-1-6-17(18)23(27(24,25)26)13-10-14-8-11-22-12-9-14;23-25(24)21(15-13-16-8-6-7-14-20-16)18-11-4-5-12-19(18)22(25)17-9-2-1-3-10-17/h1-7,14,22H,8-13H2;1-5,9-12,16,20H,6-8,13-15H2. The molecule has 0 bridgehead atoms. The maximum absolute atomic E-state index is 14.4. The molecule has 14 heteroatoms. The first-order valence-corrected chi connectivity index (χ1v) is 20.7. The predicted molar refractivity (Wildman–Crippen MR) is 203 cm³/mol. The van der Waals surface area contributed by atoms with Crippen molar-refractivity contribution in [1.29, 1.82) is 0 Å². The van der Waals surface area contributed by atoms with Crippen LogP contribution in [0.3, 0.4) is 0 Å². The van der Waals surface area contributed by atoms with Gasteiger partial charge < -0.3 is 10.6 Å². The minimum Gasteiger partial charge on any atom is -0.317 e. The number of halogens is 2. The van der Waals surface area contributed by atoms with Crippen molar-refractivity contribution < 1.29 is 25.6 Å². The number of hydrogen-bond donors (Lipinski definition) is 2. The van der Waals surface area contributed by atoms with Crippen molar-refractivity contribution in [3.63, 3.8) is 0 Å². The van der Waals surface area contributed by atoms with E-state index in [0.717, 1.165) is 73.1 Å². The zero-order valence-electron chi connectivity index (χ0n) is 28.9. The Hall–Kier alpha value is -4.24. The lowest BCUT2D eigenvalue weighted by Crippen LogP contribution is -2.40. The van der Waals surface area contributed by atoms with Crippen molar-refractivity contribution in [2.45, 2.75) is 51.0 Å². The van der Waals surface area contributed by atoms with Crippen molar-refractivity contribution in [1.82, 2.24) is 10.6 Å². The highest BCUT2D eigenvalue weighted by molar-refractivity contribution is 7.95. The molecule has 0 amide bonds. The molecule has 4 aliphatic heterocycles. The predicted octanol–water partition coefficient (Wildman–Crippen LogP) is 6.98. The van der Waals surface area contributed by atoms with Crippen molar-refractivity contribution in [2.24, 2.45) is 5.92 Å². The van der Waals surface area contributed by atoms with Gasteiger partial charge in [-0.25, -0.2) is 17.4 Å². The Balaban J connectivity index is 0.000000162. The highest BCUT2D eigenvalue weighted by Gasteiger charge is 2.44. The van der Waals surface area contributed by atoms with Crippen LogP contribution in [0, 0.1) is 17.6 Å². The average Bonchev–Trinajstić information content (AvgIpc) is 3.52. The summed E-state index contributed by atoms with van der Waals surface area (Å²) in [5.41, 5.74) is 2.33. The van der Waals surface area contributed by atoms with Crippen LogP contribution in [0.1, 0.15) is 44.9 Å². The van der Waals surface area contributed by atoms with Crippen LogP contribution in [0.4, 0.5) is 42.9 Å². The van der Waals surface area contributed by atoms with Gasteiger partial charge in [-0.1, -0.05) is 55.0 Å². The van der Waals surface area contributed by atoms with Crippen molar-refractivity contribution in [3.05, 3.63) is 109 Å². The lowest BCUT2D eigenvalue weighted by molar-refractivity contribution is 0.358. The monoisotopic (exact) mass is 750 g/mol. The minimum atomic E-state index is -4.11. The summed E-state index contributed by atoms with van der Waals surface area (Å²) >= 11 is 0. The molecule has 4 aliphatic rings. The molecule has 276 valence electrons. The Morgan fingerprint density at radius 2 is 1.12 bits per heavy atom. The lowest BCUT2D eigenvalue weighted by Gasteiger charge is -2.26. The Morgan fingerprint density at radius 1 is 0.577 bits per heavy atom. The van der Waals surface area contributed by atoms with Crippen LogP contribution in [-0.2, 0) is 20.4 Å². The molecule has 1 unspecified atom stereocenters. The van der Waals surface area contributed by atoms with Gasteiger partial charge in [0.1, 0.15) is 5.69 Å². The molecular formula is C38H44F2N6O4S2. The summed E-state index contributed by atoms with van der Waals surface area (Å²) < 4.78 is 86.8. The van der Waals surface area contributed by atoms with Gasteiger partial charge in [-0.3, -0.25) is 8.61 Å². The van der Waals surface area contributed by atoms with E-state index in [0.29, 0.717) is 36.3 Å². The number of nitrogens with zero attached hydrogens (tertiary/aromatic N) is 4. The largest absolute Gasteiger partial charge is 0.331 e. The molecule has 4 aromatic rings. The fourth-order valence-corrected chi connectivity index (χ4v) is 11.0. The maximum Gasteiger partial charge on any atom is 0.331 e.